The number of carbonyl (C=O) groups is 2. The third-order valence-corrected chi connectivity index (χ3v) is 9.09. The zero-order chi connectivity index (χ0) is 43.5. The number of carboxylic acids is 1. The standard InChI is InChI=1S/C42H46F2N4O11S/c1-42(2,3)27-21-35(39(54-4)36(22-27)48-60(5,52)53)47-41(51)46-34-10-11-37(33-9-7-6-8-32(33)34)58-29-12-13-45-28(23-29)18-26-19-30(24-31(20-26)59-40(43)44)57-17-16-55-14-15-56-25-38(49)50/h6-13,19-24,40,48H,14-18,25H2,1-5H3,(H,49,50)(H2,46,47,51). The Morgan fingerprint density at radius 1 is 0.817 bits per heavy atom. The van der Waals surface area contributed by atoms with Gasteiger partial charge in [-0.1, -0.05) is 45.0 Å². The number of urea groups is 1. The summed E-state index contributed by atoms with van der Waals surface area (Å²) in [5, 5.41) is 15.6. The Bertz CT molecular complexity index is 2410. The molecule has 60 heavy (non-hydrogen) atoms. The lowest BCUT2D eigenvalue weighted by molar-refractivity contribution is -0.142. The lowest BCUT2D eigenvalue weighted by Crippen LogP contribution is -2.22. The van der Waals surface area contributed by atoms with Gasteiger partial charge in [0.05, 0.1) is 50.2 Å². The first-order valence-electron chi connectivity index (χ1n) is 18.5. The van der Waals surface area contributed by atoms with E-state index in [-0.39, 0.29) is 61.5 Å². The number of nitrogens with zero attached hydrogens (tertiary/aromatic N) is 1. The van der Waals surface area contributed by atoms with Gasteiger partial charge in [0.2, 0.25) is 10.0 Å². The van der Waals surface area contributed by atoms with Crippen molar-refractivity contribution >= 4 is 49.9 Å². The summed E-state index contributed by atoms with van der Waals surface area (Å²) in [5.74, 6) is 0.128. The van der Waals surface area contributed by atoms with Gasteiger partial charge in [0.15, 0.2) is 5.75 Å². The van der Waals surface area contributed by atoms with Crippen molar-refractivity contribution in [2.45, 2.75) is 39.2 Å². The van der Waals surface area contributed by atoms with Gasteiger partial charge in [0, 0.05) is 41.2 Å². The first kappa shape index (κ1) is 44.9. The first-order chi connectivity index (χ1) is 28.5. The minimum absolute atomic E-state index is 0.0803. The number of benzene rings is 4. The number of carboxylic acid groups (broad SMARTS) is 1. The molecule has 0 spiro atoms. The van der Waals surface area contributed by atoms with E-state index in [9.17, 15) is 26.8 Å². The molecule has 1 heterocycles. The minimum atomic E-state index is -3.67. The first-order valence-corrected chi connectivity index (χ1v) is 20.4. The number of fused-ring (bicyclic) bond motifs is 1. The Morgan fingerprint density at radius 2 is 1.50 bits per heavy atom. The van der Waals surface area contributed by atoms with Gasteiger partial charge in [-0.2, -0.15) is 8.78 Å². The maximum atomic E-state index is 13.5. The van der Waals surface area contributed by atoms with E-state index in [1.54, 1.807) is 48.7 Å². The van der Waals surface area contributed by atoms with E-state index in [1.807, 2.05) is 45.0 Å². The number of carbonyl (C=O) groups excluding carboxylic acids is 1. The predicted molar refractivity (Wildman–Crippen MR) is 222 cm³/mol. The number of aromatic nitrogens is 1. The monoisotopic (exact) mass is 852 g/mol. The molecule has 320 valence electrons. The normalized spacial score (nSPS) is 11.6. The quantitative estimate of drug-likeness (QED) is 0.0552. The second kappa shape index (κ2) is 20.1. The van der Waals surface area contributed by atoms with Crippen molar-refractivity contribution in [2.24, 2.45) is 0 Å². The molecule has 15 nitrogen and oxygen atoms in total. The smallest absolute Gasteiger partial charge is 0.387 e. The van der Waals surface area contributed by atoms with Gasteiger partial charge in [-0.15, -0.1) is 0 Å². The number of anilines is 3. The lowest BCUT2D eigenvalue weighted by atomic mass is 9.86. The molecule has 0 atom stereocenters. The molecule has 0 aliphatic heterocycles. The van der Waals surface area contributed by atoms with Crippen molar-refractivity contribution in [1.29, 1.82) is 0 Å². The molecule has 4 N–H and O–H groups in total. The molecule has 0 radical (unpaired) electrons. The van der Waals surface area contributed by atoms with E-state index in [2.05, 4.69) is 25.1 Å². The van der Waals surface area contributed by atoms with Crippen LogP contribution in [-0.4, -0.2) is 83.5 Å². The second-order valence-corrected chi connectivity index (χ2v) is 16.1. The van der Waals surface area contributed by atoms with Crippen LogP contribution in [0.5, 0.6) is 28.7 Å². The fourth-order valence-electron chi connectivity index (χ4n) is 5.93. The molecule has 18 heteroatoms. The third kappa shape index (κ3) is 13.4. The molecular weight excluding hydrogens is 807 g/mol. The average molecular weight is 853 g/mol. The van der Waals surface area contributed by atoms with Gasteiger partial charge >= 0.3 is 18.6 Å². The lowest BCUT2D eigenvalue weighted by Gasteiger charge is -2.24. The van der Waals surface area contributed by atoms with Crippen molar-refractivity contribution in [1.82, 2.24) is 4.98 Å². The van der Waals surface area contributed by atoms with Crippen molar-refractivity contribution in [2.75, 3.05) is 61.8 Å². The van der Waals surface area contributed by atoms with Gasteiger partial charge in [-0.05, 0) is 59.0 Å². The number of aliphatic carboxylic acids is 1. The van der Waals surface area contributed by atoms with Crippen LogP contribution in [0, 0.1) is 0 Å². The molecule has 0 saturated heterocycles. The number of rotatable bonds is 20. The fourth-order valence-corrected chi connectivity index (χ4v) is 6.48. The Balaban J connectivity index is 1.30. The van der Waals surface area contributed by atoms with Gasteiger partial charge in [0.25, 0.3) is 0 Å². The van der Waals surface area contributed by atoms with E-state index in [4.69, 9.17) is 28.8 Å². The summed E-state index contributed by atoms with van der Waals surface area (Å²) in [6.45, 7) is 2.84. The molecule has 0 unspecified atom stereocenters. The summed E-state index contributed by atoms with van der Waals surface area (Å²) in [6.07, 6.45) is 2.79. The van der Waals surface area contributed by atoms with Crippen molar-refractivity contribution in [3.8, 4) is 28.7 Å². The van der Waals surface area contributed by atoms with Crippen LogP contribution in [-0.2, 0) is 36.1 Å². The topological polar surface area (TPSA) is 193 Å². The van der Waals surface area contributed by atoms with Crippen LogP contribution in [0.4, 0.5) is 30.6 Å². The number of nitrogens with one attached hydrogen (secondary N) is 3. The number of hydrogen-bond donors (Lipinski definition) is 4. The molecule has 4 aromatic carbocycles. The van der Waals surface area contributed by atoms with Gasteiger partial charge in [-0.3, -0.25) is 9.71 Å². The van der Waals surface area contributed by atoms with E-state index in [0.717, 1.165) is 11.8 Å². The number of halogens is 2. The molecule has 0 aliphatic carbocycles. The zero-order valence-electron chi connectivity index (χ0n) is 33.5. The second-order valence-electron chi connectivity index (χ2n) is 14.3. The highest BCUT2D eigenvalue weighted by atomic mass is 32.2. The molecule has 1 aromatic heterocycles. The summed E-state index contributed by atoms with van der Waals surface area (Å²) in [4.78, 5) is 28.5. The maximum absolute atomic E-state index is 13.5. The minimum Gasteiger partial charge on any atom is -0.492 e. The highest BCUT2D eigenvalue weighted by Crippen LogP contribution is 2.40. The van der Waals surface area contributed by atoms with Crippen LogP contribution in [0.25, 0.3) is 10.8 Å². The molecule has 0 fully saturated rings. The zero-order valence-corrected chi connectivity index (χ0v) is 34.4. The number of methoxy groups -OCH3 is 1. The molecule has 5 rings (SSSR count). The number of sulfonamides is 1. The Morgan fingerprint density at radius 3 is 2.20 bits per heavy atom. The molecule has 0 saturated carbocycles. The third-order valence-electron chi connectivity index (χ3n) is 8.49. The van der Waals surface area contributed by atoms with E-state index < -0.39 is 40.7 Å². The van der Waals surface area contributed by atoms with E-state index in [0.29, 0.717) is 39.2 Å². The number of hydrogen-bond acceptors (Lipinski definition) is 11. The molecule has 0 bridgehead atoms. The number of alkyl halides is 2. The number of ether oxygens (including phenoxy) is 6. The average Bonchev–Trinajstić information content (AvgIpc) is 3.15. The van der Waals surface area contributed by atoms with E-state index in [1.165, 1.54) is 19.2 Å². The molecular formula is C42H46F2N4O11S. The van der Waals surface area contributed by atoms with Crippen LogP contribution >= 0.6 is 0 Å². The van der Waals surface area contributed by atoms with Crippen LogP contribution in [0.1, 0.15) is 37.6 Å². The SMILES string of the molecule is COc1c(NC(=O)Nc2ccc(Oc3ccnc(Cc4cc(OCCOCCOCC(=O)O)cc(OC(F)F)c4)c3)c3ccccc23)cc(C(C)(C)C)cc1NS(C)(=O)=O. The summed E-state index contributed by atoms with van der Waals surface area (Å²) in [7, 11) is -2.29. The number of amides is 2. The van der Waals surface area contributed by atoms with Crippen molar-refractivity contribution < 1.29 is 60.3 Å². The molecule has 0 aliphatic rings. The predicted octanol–water partition coefficient (Wildman–Crippen LogP) is 8.04. The highest BCUT2D eigenvalue weighted by Gasteiger charge is 2.23. The summed E-state index contributed by atoms with van der Waals surface area (Å²) in [5.41, 5.74) is 2.38. The van der Waals surface area contributed by atoms with Crippen molar-refractivity contribution in [3.63, 3.8) is 0 Å². The Kier molecular flexibility index (Phi) is 15.1. The van der Waals surface area contributed by atoms with E-state index >= 15 is 0 Å². The largest absolute Gasteiger partial charge is 0.492 e. The Hall–Kier alpha value is -6.24. The van der Waals surface area contributed by atoms with Crippen LogP contribution < -0.4 is 34.3 Å². The maximum Gasteiger partial charge on any atom is 0.387 e. The molecule has 2 amide bonds. The summed E-state index contributed by atoms with van der Waals surface area (Å²) >= 11 is 0. The van der Waals surface area contributed by atoms with Crippen LogP contribution in [0.3, 0.4) is 0 Å². The molecule has 5 aromatic rings. The Labute approximate surface area is 346 Å². The summed E-state index contributed by atoms with van der Waals surface area (Å²) < 4.78 is 85.7. The van der Waals surface area contributed by atoms with Gasteiger partial charge < -0.3 is 44.2 Å². The number of pyridine rings is 1. The van der Waals surface area contributed by atoms with Gasteiger partial charge in [0.1, 0.15) is 36.2 Å². The summed E-state index contributed by atoms with van der Waals surface area (Å²) in [6, 6.07) is 21.3. The van der Waals surface area contributed by atoms with Gasteiger partial charge in [-0.25, -0.2) is 18.0 Å². The van der Waals surface area contributed by atoms with Crippen LogP contribution in [0.2, 0.25) is 0 Å². The fraction of sp³-hybridized carbons (Fsp3) is 0.310. The highest BCUT2D eigenvalue weighted by molar-refractivity contribution is 7.92. The van der Waals surface area contributed by atoms with Crippen molar-refractivity contribution in [3.05, 3.63) is 102 Å². The van der Waals surface area contributed by atoms with Crippen LogP contribution in [0.15, 0.2) is 85.1 Å².